The zero-order chi connectivity index (χ0) is 25.6. The van der Waals surface area contributed by atoms with Crippen LogP contribution in [0.25, 0.3) is 0 Å². The molecule has 3 aromatic rings. The molecule has 0 radical (unpaired) electrons. The molecule has 0 unspecified atom stereocenters. The fourth-order valence-corrected chi connectivity index (χ4v) is 5.51. The Kier molecular flexibility index (Phi) is 5.85. The molecule has 5 rings (SSSR count). The number of anilines is 1. The fourth-order valence-electron chi connectivity index (χ4n) is 5.27. The van der Waals surface area contributed by atoms with Crippen molar-refractivity contribution < 1.29 is 19.4 Å². The lowest BCUT2D eigenvalue weighted by Gasteiger charge is -2.25. The summed E-state index contributed by atoms with van der Waals surface area (Å²) >= 11 is 6.49. The van der Waals surface area contributed by atoms with Gasteiger partial charge in [-0.05, 0) is 48.4 Å². The Labute approximate surface area is 210 Å². The molecule has 0 aliphatic carbocycles. The van der Waals surface area contributed by atoms with Crippen LogP contribution in [-0.4, -0.2) is 27.8 Å². The standard InChI is InChI=1S/C25H21ClN4O6/c1-14-22(23(30(34)35)25(28-14)18-4-2-3-5-20(18)27-24(25)31)16-8-11-21(19(26)12-16)36-13-15-6-9-17(10-7-15)29(32)33/h2-12,14,22-23,28H,13H2,1H3,(H,27,31)/t14-,22+,23-,25-/m0/s1. The summed E-state index contributed by atoms with van der Waals surface area (Å²) in [6.45, 7) is 1.95. The number of nitrogens with zero attached hydrogens (tertiary/aromatic N) is 2. The second-order valence-corrected chi connectivity index (χ2v) is 9.31. The van der Waals surface area contributed by atoms with Gasteiger partial charge >= 0.3 is 0 Å². The molecule has 184 valence electrons. The molecule has 36 heavy (non-hydrogen) atoms. The van der Waals surface area contributed by atoms with E-state index in [1.807, 2.05) is 6.92 Å². The van der Waals surface area contributed by atoms with Gasteiger partial charge in [0.25, 0.3) is 17.6 Å². The number of hydrogen-bond acceptors (Lipinski definition) is 7. The molecule has 3 aromatic carbocycles. The van der Waals surface area contributed by atoms with Gasteiger partial charge in [0, 0.05) is 34.3 Å². The Morgan fingerprint density at radius 3 is 2.44 bits per heavy atom. The molecular formula is C25H21ClN4O6. The summed E-state index contributed by atoms with van der Waals surface area (Å²) in [7, 11) is 0. The van der Waals surface area contributed by atoms with Gasteiger partial charge in [-0.1, -0.05) is 35.9 Å². The fraction of sp³-hybridized carbons (Fsp3) is 0.240. The maximum absolute atomic E-state index is 13.1. The smallest absolute Gasteiger partial charge is 0.269 e. The highest BCUT2D eigenvalue weighted by atomic mass is 35.5. The second kappa shape index (κ2) is 8.89. The average Bonchev–Trinajstić information content (AvgIpc) is 3.32. The summed E-state index contributed by atoms with van der Waals surface area (Å²) in [5.41, 5.74) is 0.927. The molecule has 1 saturated heterocycles. The molecule has 1 amide bonds. The minimum absolute atomic E-state index is 0.0166. The van der Waals surface area contributed by atoms with Crippen molar-refractivity contribution in [2.75, 3.05) is 5.32 Å². The molecule has 2 N–H and O–H groups in total. The first-order valence-electron chi connectivity index (χ1n) is 11.2. The molecule has 2 aliphatic rings. The van der Waals surface area contributed by atoms with Crippen LogP contribution in [0, 0.1) is 20.2 Å². The lowest BCUT2D eigenvalue weighted by Crippen LogP contribution is -2.54. The van der Waals surface area contributed by atoms with E-state index in [-0.39, 0.29) is 17.3 Å². The molecule has 1 spiro atoms. The summed E-state index contributed by atoms with van der Waals surface area (Å²) in [6, 6.07) is 16.3. The van der Waals surface area contributed by atoms with E-state index in [1.54, 1.807) is 54.6 Å². The normalized spacial score (nSPS) is 24.4. The zero-order valence-electron chi connectivity index (χ0n) is 19.0. The number of hydrogen-bond donors (Lipinski definition) is 2. The van der Waals surface area contributed by atoms with Crippen molar-refractivity contribution in [3.63, 3.8) is 0 Å². The topological polar surface area (TPSA) is 137 Å². The van der Waals surface area contributed by atoms with Gasteiger partial charge in [0.15, 0.2) is 5.54 Å². The molecule has 11 heteroatoms. The summed E-state index contributed by atoms with van der Waals surface area (Å²) in [4.78, 5) is 35.5. The quantitative estimate of drug-likeness (QED) is 0.372. The Morgan fingerprint density at radius 1 is 1.06 bits per heavy atom. The number of carbonyl (C=O) groups is 1. The van der Waals surface area contributed by atoms with Gasteiger partial charge in [0.2, 0.25) is 0 Å². The third-order valence-corrected chi connectivity index (χ3v) is 7.14. The maximum atomic E-state index is 13.1. The van der Waals surface area contributed by atoms with Crippen molar-refractivity contribution in [3.05, 3.63) is 109 Å². The average molecular weight is 509 g/mol. The van der Waals surface area contributed by atoms with Crippen LogP contribution < -0.4 is 15.4 Å². The van der Waals surface area contributed by atoms with E-state index in [9.17, 15) is 25.0 Å². The van der Waals surface area contributed by atoms with Crippen molar-refractivity contribution in [1.82, 2.24) is 5.32 Å². The van der Waals surface area contributed by atoms with Gasteiger partial charge < -0.3 is 10.1 Å². The number of nitro benzene ring substituents is 1. The Bertz CT molecular complexity index is 1380. The zero-order valence-corrected chi connectivity index (χ0v) is 19.8. The monoisotopic (exact) mass is 508 g/mol. The van der Waals surface area contributed by atoms with Gasteiger partial charge in [-0.15, -0.1) is 0 Å². The number of nitro groups is 2. The molecule has 0 bridgehead atoms. The van der Waals surface area contributed by atoms with E-state index >= 15 is 0 Å². The predicted octanol–water partition coefficient (Wildman–Crippen LogP) is 4.40. The minimum atomic E-state index is -1.50. The Morgan fingerprint density at radius 2 is 1.78 bits per heavy atom. The van der Waals surface area contributed by atoms with Crippen LogP contribution in [0.15, 0.2) is 66.7 Å². The highest BCUT2D eigenvalue weighted by Crippen LogP contribution is 2.50. The van der Waals surface area contributed by atoms with Crippen molar-refractivity contribution >= 4 is 28.9 Å². The van der Waals surface area contributed by atoms with E-state index in [1.165, 1.54) is 12.1 Å². The highest BCUT2D eigenvalue weighted by molar-refractivity contribution is 6.32. The van der Waals surface area contributed by atoms with Crippen LogP contribution in [0.2, 0.25) is 5.02 Å². The Hall–Kier alpha value is -4.02. The third-order valence-electron chi connectivity index (χ3n) is 6.85. The first-order valence-corrected chi connectivity index (χ1v) is 11.6. The number of rotatable bonds is 6. The summed E-state index contributed by atoms with van der Waals surface area (Å²) < 4.78 is 5.78. The number of nitrogens with one attached hydrogen (secondary N) is 2. The molecule has 0 saturated carbocycles. The van der Waals surface area contributed by atoms with Gasteiger partial charge in [-0.25, -0.2) is 0 Å². The summed E-state index contributed by atoms with van der Waals surface area (Å²) in [5, 5.41) is 29.5. The highest BCUT2D eigenvalue weighted by Gasteiger charge is 2.67. The van der Waals surface area contributed by atoms with E-state index < -0.39 is 39.3 Å². The number of ether oxygens (including phenoxy) is 1. The number of amides is 1. The van der Waals surface area contributed by atoms with E-state index in [4.69, 9.17) is 16.3 Å². The number of non-ortho nitro benzene ring substituents is 1. The van der Waals surface area contributed by atoms with Crippen LogP contribution in [-0.2, 0) is 16.9 Å². The SMILES string of the molecule is C[C@@H]1N[C@]2(C(=O)Nc3ccccc32)[C@@H]([N+](=O)[O-])[C@H]1c1ccc(OCc2ccc([N+](=O)[O-])cc2)c(Cl)c1. The molecule has 1 fully saturated rings. The Balaban J connectivity index is 1.42. The predicted molar refractivity (Wildman–Crippen MR) is 132 cm³/mol. The van der Waals surface area contributed by atoms with Crippen molar-refractivity contribution in [3.8, 4) is 5.75 Å². The van der Waals surface area contributed by atoms with Gasteiger partial charge in [0.05, 0.1) is 15.9 Å². The largest absolute Gasteiger partial charge is 0.487 e. The minimum Gasteiger partial charge on any atom is -0.487 e. The first-order chi connectivity index (χ1) is 17.2. The number of para-hydroxylation sites is 1. The summed E-state index contributed by atoms with van der Waals surface area (Å²) in [5.74, 6) is -0.722. The lowest BCUT2D eigenvalue weighted by atomic mass is 9.78. The van der Waals surface area contributed by atoms with E-state index in [0.29, 0.717) is 22.6 Å². The molecular weight excluding hydrogens is 488 g/mol. The van der Waals surface area contributed by atoms with Crippen molar-refractivity contribution in [2.45, 2.75) is 37.1 Å². The molecule has 10 nitrogen and oxygen atoms in total. The van der Waals surface area contributed by atoms with Gasteiger partial charge in [-0.2, -0.15) is 0 Å². The van der Waals surface area contributed by atoms with Crippen LogP contribution >= 0.6 is 11.6 Å². The molecule has 4 atom stereocenters. The second-order valence-electron chi connectivity index (χ2n) is 8.90. The van der Waals surface area contributed by atoms with Gasteiger partial charge in [0.1, 0.15) is 12.4 Å². The number of fused-ring (bicyclic) bond motifs is 2. The number of halogens is 1. The van der Waals surface area contributed by atoms with Crippen LogP contribution in [0.3, 0.4) is 0 Å². The van der Waals surface area contributed by atoms with Crippen molar-refractivity contribution in [2.24, 2.45) is 0 Å². The van der Waals surface area contributed by atoms with Crippen LogP contribution in [0.4, 0.5) is 11.4 Å². The van der Waals surface area contributed by atoms with Crippen LogP contribution in [0.5, 0.6) is 5.75 Å². The van der Waals surface area contributed by atoms with Crippen molar-refractivity contribution in [1.29, 1.82) is 0 Å². The first kappa shape index (κ1) is 23.7. The molecule has 0 aromatic heterocycles. The molecule has 2 aliphatic heterocycles. The lowest BCUT2D eigenvalue weighted by molar-refractivity contribution is -0.532. The number of benzene rings is 3. The van der Waals surface area contributed by atoms with Gasteiger partial charge in [-0.3, -0.25) is 30.3 Å². The maximum Gasteiger partial charge on any atom is 0.269 e. The number of carbonyl (C=O) groups excluding carboxylic acids is 1. The van der Waals surface area contributed by atoms with E-state index in [2.05, 4.69) is 10.6 Å². The van der Waals surface area contributed by atoms with E-state index in [0.717, 1.165) is 5.56 Å². The third kappa shape index (κ3) is 3.75. The van der Waals surface area contributed by atoms with Crippen LogP contribution in [0.1, 0.15) is 29.5 Å². The molecule has 2 heterocycles. The summed E-state index contributed by atoms with van der Waals surface area (Å²) in [6.07, 6.45) is 0.